The number of hydrogen-bond donors (Lipinski definition) is 1. The summed E-state index contributed by atoms with van der Waals surface area (Å²) in [5.41, 5.74) is 7.58. The molecule has 1 heterocycles. The van der Waals surface area contributed by atoms with Gasteiger partial charge in [0.05, 0.1) is 0 Å². The fourth-order valence-corrected chi connectivity index (χ4v) is 3.37. The fourth-order valence-electron chi connectivity index (χ4n) is 3.37. The van der Waals surface area contributed by atoms with Crippen molar-refractivity contribution in [3.63, 3.8) is 0 Å². The second kappa shape index (κ2) is 6.76. The normalized spacial score (nSPS) is 30.4. The molecule has 1 unspecified atom stereocenters. The second-order valence-electron chi connectivity index (χ2n) is 5.34. The molecule has 18 heavy (non-hydrogen) atoms. The first-order valence-electron chi connectivity index (χ1n) is 6.35. The second-order valence-corrected chi connectivity index (χ2v) is 5.34. The zero-order valence-corrected chi connectivity index (χ0v) is 12.1. The minimum Gasteiger partial charge on any atom is -0.327 e. The van der Waals surface area contributed by atoms with Crippen LogP contribution in [0.5, 0.6) is 0 Å². The molecule has 1 aromatic rings. The zero-order chi connectivity index (χ0) is 11.0. The maximum Gasteiger partial charge on any atom is 0.0233 e. The van der Waals surface area contributed by atoms with E-state index in [1.165, 1.54) is 31.5 Å². The van der Waals surface area contributed by atoms with Gasteiger partial charge in [-0.25, -0.2) is 0 Å². The highest BCUT2D eigenvalue weighted by atomic mass is 35.5. The quantitative estimate of drug-likeness (QED) is 0.907. The summed E-state index contributed by atoms with van der Waals surface area (Å²) in [5.74, 6) is 1.64. The van der Waals surface area contributed by atoms with Gasteiger partial charge in [-0.3, -0.25) is 4.90 Å². The fraction of sp³-hybridized carbons (Fsp3) is 0.571. The third kappa shape index (κ3) is 3.18. The Bertz CT molecular complexity index is 358. The summed E-state index contributed by atoms with van der Waals surface area (Å²) in [4.78, 5) is 2.57. The van der Waals surface area contributed by atoms with Crippen LogP contribution in [0.2, 0.25) is 0 Å². The molecule has 2 nitrogen and oxygen atoms in total. The molecule has 102 valence electrons. The summed E-state index contributed by atoms with van der Waals surface area (Å²) >= 11 is 0. The van der Waals surface area contributed by atoms with Crippen LogP contribution in [-0.2, 0) is 6.54 Å². The predicted molar refractivity (Wildman–Crippen MR) is 80.4 cm³/mol. The van der Waals surface area contributed by atoms with Crippen molar-refractivity contribution in [2.24, 2.45) is 17.6 Å². The van der Waals surface area contributed by atoms with Crippen LogP contribution in [0.1, 0.15) is 18.4 Å². The predicted octanol–water partition coefficient (Wildman–Crippen LogP) is 2.70. The van der Waals surface area contributed by atoms with Gasteiger partial charge in [-0.15, -0.1) is 24.8 Å². The Kier molecular flexibility index (Phi) is 5.93. The standard InChI is InChI=1S/C14H20N2.2ClH/c15-14-7-6-12-9-16(10-13(12)14)8-11-4-2-1-3-5-11;;/h1-5,12-14H,6-10,15H2;2*1H/t12-,13+,14?;;/m1../s1. The molecule has 0 bridgehead atoms. The Hall–Kier alpha value is -0.280. The van der Waals surface area contributed by atoms with Crippen molar-refractivity contribution in [2.45, 2.75) is 25.4 Å². The minimum absolute atomic E-state index is 0. The van der Waals surface area contributed by atoms with Gasteiger partial charge in [-0.05, 0) is 30.2 Å². The van der Waals surface area contributed by atoms with Crippen molar-refractivity contribution in [2.75, 3.05) is 13.1 Å². The van der Waals surface area contributed by atoms with E-state index in [0.29, 0.717) is 6.04 Å². The summed E-state index contributed by atoms with van der Waals surface area (Å²) in [6.07, 6.45) is 2.59. The molecule has 2 aliphatic rings. The highest BCUT2D eigenvalue weighted by Gasteiger charge is 2.40. The lowest BCUT2D eigenvalue weighted by molar-refractivity contribution is 0.298. The lowest BCUT2D eigenvalue weighted by Gasteiger charge is -2.18. The molecule has 1 aliphatic heterocycles. The topological polar surface area (TPSA) is 29.3 Å². The van der Waals surface area contributed by atoms with E-state index in [1.807, 2.05) is 0 Å². The smallest absolute Gasteiger partial charge is 0.0233 e. The van der Waals surface area contributed by atoms with Gasteiger partial charge in [0.15, 0.2) is 0 Å². The third-order valence-electron chi connectivity index (χ3n) is 4.24. The summed E-state index contributed by atoms with van der Waals surface area (Å²) < 4.78 is 0. The van der Waals surface area contributed by atoms with E-state index in [2.05, 4.69) is 35.2 Å². The van der Waals surface area contributed by atoms with Crippen molar-refractivity contribution >= 4 is 24.8 Å². The van der Waals surface area contributed by atoms with Crippen LogP contribution >= 0.6 is 24.8 Å². The van der Waals surface area contributed by atoms with Crippen LogP contribution in [0.3, 0.4) is 0 Å². The number of rotatable bonds is 2. The molecule has 2 fully saturated rings. The van der Waals surface area contributed by atoms with E-state index < -0.39 is 0 Å². The third-order valence-corrected chi connectivity index (χ3v) is 4.24. The highest BCUT2D eigenvalue weighted by molar-refractivity contribution is 5.85. The maximum absolute atomic E-state index is 6.15. The molecule has 1 aromatic carbocycles. The number of hydrogen-bond acceptors (Lipinski definition) is 2. The molecule has 0 aromatic heterocycles. The Morgan fingerprint density at radius 1 is 1.06 bits per heavy atom. The van der Waals surface area contributed by atoms with Crippen molar-refractivity contribution in [3.05, 3.63) is 35.9 Å². The number of nitrogens with two attached hydrogens (primary N) is 1. The van der Waals surface area contributed by atoms with Gasteiger partial charge in [0.1, 0.15) is 0 Å². The van der Waals surface area contributed by atoms with Crippen LogP contribution in [-0.4, -0.2) is 24.0 Å². The van der Waals surface area contributed by atoms with Gasteiger partial charge >= 0.3 is 0 Å². The molecule has 0 amide bonds. The maximum atomic E-state index is 6.15. The molecule has 4 heteroatoms. The molecule has 1 saturated carbocycles. The van der Waals surface area contributed by atoms with Crippen LogP contribution in [0.4, 0.5) is 0 Å². The van der Waals surface area contributed by atoms with Crippen molar-refractivity contribution < 1.29 is 0 Å². The summed E-state index contributed by atoms with van der Waals surface area (Å²) in [7, 11) is 0. The molecule has 0 radical (unpaired) electrons. The number of halogens is 2. The van der Waals surface area contributed by atoms with Crippen molar-refractivity contribution in [1.29, 1.82) is 0 Å². The SMILES string of the molecule is Cl.Cl.NC1CC[C@@H]2CN(Cc3ccccc3)C[C@H]12. The summed E-state index contributed by atoms with van der Waals surface area (Å²) in [6.45, 7) is 3.56. The van der Waals surface area contributed by atoms with E-state index in [0.717, 1.165) is 18.4 Å². The average Bonchev–Trinajstić information content (AvgIpc) is 2.83. The summed E-state index contributed by atoms with van der Waals surface area (Å²) in [5, 5.41) is 0. The first-order chi connectivity index (χ1) is 7.83. The van der Waals surface area contributed by atoms with E-state index in [-0.39, 0.29) is 24.8 Å². The number of likely N-dealkylation sites (tertiary alicyclic amines) is 1. The molecule has 1 aliphatic carbocycles. The molecule has 3 rings (SSSR count). The molecule has 2 N–H and O–H groups in total. The first-order valence-corrected chi connectivity index (χ1v) is 6.35. The van der Waals surface area contributed by atoms with Gasteiger partial charge in [0.2, 0.25) is 0 Å². The van der Waals surface area contributed by atoms with Crippen molar-refractivity contribution in [1.82, 2.24) is 4.90 Å². The monoisotopic (exact) mass is 288 g/mol. The lowest BCUT2D eigenvalue weighted by atomic mass is 9.98. The van der Waals surface area contributed by atoms with E-state index in [9.17, 15) is 0 Å². The Balaban J connectivity index is 0.000000810. The van der Waals surface area contributed by atoms with Crippen LogP contribution in [0, 0.1) is 11.8 Å². The Labute approximate surface area is 122 Å². The van der Waals surface area contributed by atoms with Crippen LogP contribution in [0.25, 0.3) is 0 Å². The van der Waals surface area contributed by atoms with E-state index >= 15 is 0 Å². The van der Waals surface area contributed by atoms with Gasteiger partial charge in [0, 0.05) is 25.7 Å². The zero-order valence-electron chi connectivity index (χ0n) is 10.5. The molecular formula is C14H22Cl2N2. The summed E-state index contributed by atoms with van der Waals surface area (Å²) in [6, 6.07) is 11.2. The van der Waals surface area contributed by atoms with Gasteiger partial charge in [0.25, 0.3) is 0 Å². The molecule has 0 spiro atoms. The first kappa shape index (κ1) is 15.8. The van der Waals surface area contributed by atoms with Gasteiger partial charge < -0.3 is 5.73 Å². The largest absolute Gasteiger partial charge is 0.327 e. The lowest BCUT2D eigenvalue weighted by Crippen LogP contribution is -2.30. The molecule has 1 saturated heterocycles. The van der Waals surface area contributed by atoms with Gasteiger partial charge in [-0.1, -0.05) is 30.3 Å². The van der Waals surface area contributed by atoms with Gasteiger partial charge in [-0.2, -0.15) is 0 Å². The van der Waals surface area contributed by atoms with E-state index in [4.69, 9.17) is 5.73 Å². The number of fused-ring (bicyclic) bond motifs is 1. The molecular weight excluding hydrogens is 267 g/mol. The number of nitrogens with zero attached hydrogens (tertiary/aromatic N) is 1. The van der Waals surface area contributed by atoms with Crippen molar-refractivity contribution in [3.8, 4) is 0 Å². The number of benzene rings is 1. The minimum atomic E-state index is 0. The Morgan fingerprint density at radius 2 is 1.78 bits per heavy atom. The Morgan fingerprint density at radius 3 is 2.44 bits per heavy atom. The van der Waals surface area contributed by atoms with E-state index in [1.54, 1.807) is 0 Å². The highest BCUT2D eigenvalue weighted by Crippen LogP contribution is 2.37. The van der Waals surface area contributed by atoms with Crippen LogP contribution in [0.15, 0.2) is 30.3 Å². The molecule has 3 atom stereocenters. The average molecular weight is 289 g/mol. The van der Waals surface area contributed by atoms with Crippen LogP contribution < -0.4 is 5.73 Å².